The van der Waals surface area contributed by atoms with Crippen molar-refractivity contribution >= 4 is 23.0 Å². The number of rotatable bonds is 4. The van der Waals surface area contributed by atoms with E-state index in [2.05, 4.69) is 31.8 Å². The Kier molecular flexibility index (Phi) is 6.54. The number of carbonyl (C=O) groups is 2. The Bertz CT molecular complexity index is 1340. The third kappa shape index (κ3) is 6.06. The topological polar surface area (TPSA) is 70.4 Å². The van der Waals surface area contributed by atoms with Crippen LogP contribution in [0.5, 0.6) is 0 Å². The number of fused-ring (bicyclic) bond motifs is 1. The molecule has 0 amide bonds. The minimum Gasteiger partial charge on any atom is -0.460 e. The zero-order valence-electron chi connectivity index (χ0n) is 23.7. The SMILES string of the molecule is CC(C)(C)OC(=O)n1c(-c2cc(C(C)(C)C)ccn2)cc2cc(CC3(C(=O)OC(C)(C)C)CC3)ccc21. The van der Waals surface area contributed by atoms with E-state index >= 15 is 0 Å². The number of esters is 1. The fourth-order valence-corrected chi connectivity index (χ4v) is 4.49. The van der Waals surface area contributed by atoms with Crippen LogP contribution >= 0.6 is 0 Å². The van der Waals surface area contributed by atoms with Gasteiger partial charge < -0.3 is 9.47 Å². The van der Waals surface area contributed by atoms with E-state index < -0.39 is 22.7 Å². The molecule has 1 fully saturated rings. The zero-order valence-corrected chi connectivity index (χ0v) is 23.7. The molecule has 6 heteroatoms. The van der Waals surface area contributed by atoms with Crippen LogP contribution in [0.3, 0.4) is 0 Å². The average molecular weight is 505 g/mol. The number of pyridine rings is 1. The highest BCUT2D eigenvalue weighted by atomic mass is 16.6. The molecule has 0 aliphatic heterocycles. The summed E-state index contributed by atoms with van der Waals surface area (Å²) in [6.07, 6.45) is 3.61. The van der Waals surface area contributed by atoms with Crippen molar-refractivity contribution in [2.24, 2.45) is 5.41 Å². The first kappa shape index (κ1) is 26.9. The lowest BCUT2D eigenvalue weighted by molar-refractivity contribution is -0.161. The fraction of sp³-hybridized carbons (Fsp3) is 0.516. The first-order valence-corrected chi connectivity index (χ1v) is 13.1. The number of carbonyl (C=O) groups excluding carboxylic acids is 2. The summed E-state index contributed by atoms with van der Waals surface area (Å²) >= 11 is 0. The molecule has 0 N–H and O–H groups in total. The molecule has 4 rings (SSSR count). The van der Waals surface area contributed by atoms with E-state index in [9.17, 15) is 9.59 Å². The van der Waals surface area contributed by atoms with Gasteiger partial charge in [0.1, 0.15) is 11.2 Å². The molecule has 1 aliphatic carbocycles. The van der Waals surface area contributed by atoms with Gasteiger partial charge in [0.25, 0.3) is 0 Å². The van der Waals surface area contributed by atoms with Gasteiger partial charge >= 0.3 is 12.1 Å². The second-order valence-corrected chi connectivity index (χ2v) is 13.4. The maximum absolute atomic E-state index is 13.4. The summed E-state index contributed by atoms with van der Waals surface area (Å²) in [6.45, 7) is 17.7. The summed E-state index contributed by atoms with van der Waals surface area (Å²) in [6, 6.07) is 12.0. The number of benzene rings is 1. The fourth-order valence-electron chi connectivity index (χ4n) is 4.49. The van der Waals surface area contributed by atoms with Gasteiger partial charge in [-0.3, -0.25) is 9.78 Å². The third-order valence-corrected chi connectivity index (χ3v) is 6.56. The molecule has 37 heavy (non-hydrogen) atoms. The largest absolute Gasteiger partial charge is 0.460 e. The molecular weight excluding hydrogens is 464 g/mol. The lowest BCUT2D eigenvalue weighted by Gasteiger charge is -2.24. The highest BCUT2D eigenvalue weighted by Crippen LogP contribution is 2.50. The molecule has 6 nitrogen and oxygen atoms in total. The van der Waals surface area contributed by atoms with E-state index in [1.165, 1.54) is 0 Å². The first-order chi connectivity index (χ1) is 17.0. The van der Waals surface area contributed by atoms with E-state index in [4.69, 9.17) is 9.47 Å². The monoisotopic (exact) mass is 504 g/mol. The van der Waals surface area contributed by atoms with Gasteiger partial charge in [0.15, 0.2) is 0 Å². The Morgan fingerprint density at radius 2 is 1.54 bits per heavy atom. The van der Waals surface area contributed by atoms with E-state index in [1.54, 1.807) is 10.8 Å². The van der Waals surface area contributed by atoms with Crippen molar-refractivity contribution in [2.45, 2.75) is 98.2 Å². The molecule has 2 aromatic heterocycles. The van der Waals surface area contributed by atoms with E-state index in [-0.39, 0.29) is 11.4 Å². The molecule has 0 atom stereocenters. The second kappa shape index (κ2) is 9.00. The summed E-state index contributed by atoms with van der Waals surface area (Å²) in [5.74, 6) is -0.129. The van der Waals surface area contributed by atoms with Crippen LogP contribution in [0, 0.1) is 5.41 Å². The molecule has 198 valence electrons. The van der Waals surface area contributed by atoms with Gasteiger partial charge in [0, 0.05) is 11.6 Å². The van der Waals surface area contributed by atoms with Gasteiger partial charge in [-0.05, 0) is 108 Å². The van der Waals surface area contributed by atoms with Crippen LogP contribution in [-0.2, 0) is 26.1 Å². The van der Waals surface area contributed by atoms with Crippen LogP contribution < -0.4 is 0 Å². The summed E-state index contributed by atoms with van der Waals surface area (Å²) < 4.78 is 13.1. The van der Waals surface area contributed by atoms with Gasteiger partial charge in [0.05, 0.1) is 22.3 Å². The smallest absolute Gasteiger partial charge is 0.419 e. The molecule has 0 spiro atoms. The van der Waals surface area contributed by atoms with Gasteiger partial charge in [-0.15, -0.1) is 0 Å². The number of hydrogen-bond acceptors (Lipinski definition) is 5. The lowest BCUT2D eigenvalue weighted by Crippen LogP contribution is -2.30. The van der Waals surface area contributed by atoms with E-state index in [1.807, 2.05) is 71.9 Å². The number of ether oxygens (including phenoxy) is 2. The summed E-state index contributed by atoms with van der Waals surface area (Å²) in [7, 11) is 0. The molecule has 3 aromatic rings. The third-order valence-electron chi connectivity index (χ3n) is 6.56. The van der Waals surface area contributed by atoms with Crippen molar-refractivity contribution in [2.75, 3.05) is 0 Å². The molecule has 1 aliphatic rings. The Morgan fingerprint density at radius 3 is 2.11 bits per heavy atom. The normalized spacial score (nSPS) is 15.5. The maximum Gasteiger partial charge on any atom is 0.419 e. The summed E-state index contributed by atoms with van der Waals surface area (Å²) in [5, 5.41) is 0.904. The Morgan fingerprint density at radius 1 is 0.892 bits per heavy atom. The molecule has 1 saturated carbocycles. The standard InChI is InChI=1S/C31H40N2O4/c1-28(2,3)22-12-15-32-23(18-22)25-17-21-16-20(19-31(13-14-31)26(34)36-29(4,5)6)10-11-24(21)33(25)27(35)37-30(7,8)9/h10-12,15-18H,13-14,19H2,1-9H3. The van der Waals surface area contributed by atoms with Gasteiger partial charge in [-0.1, -0.05) is 26.8 Å². The van der Waals surface area contributed by atoms with Crippen LogP contribution in [0.4, 0.5) is 4.79 Å². The van der Waals surface area contributed by atoms with Crippen LogP contribution in [0.2, 0.25) is 0 Å². The highest BCUT2D eigenvalue weighted by molar-refractivity contribution is 5.96. The van der Waals surface area contributed by atoms with Crippen molar-refractivity contribution < 1.29 is 19.1 Å². The minimum absolute atomic E-state index is 0.0616. The number of aromatic nitrogens is 2. The molecular formula is C31H40N2O4. The van der Waals surface area contributed by atoms with E-state index in [0.29, 0.717) is 17.8 Å². The van der Waals surface area contributed by atoms with Crippen LogP contribution in [0.15, 0.2) is 42.6 Å². The van der Waals surface area contributed by atoms with Crippen LogP contribution in [-0.4, -0.2) is 32.8 Å². The first-order valence-electron chi connectivity index (χ1n) is 13.1. The van der Waals surface area contributed by atoms with Gasteiger partial charge in [0.2, 0.25) is 0 Å². The minimum atomic E-state index is -0.642. The quantitative estimate of drug-likeness (QED) is 0.345. The molecule has 0 unspecified atom stereocenters. The van der Waals surface area contributed by atoms with Crippen molar-refractivity contribution in [3.05, 3.63) is 53.7 Å². The highest BCUT2D eigenvalue weighted by Gasteiger charge is 2.52. The van der Waals surface area contributed by atoms with Gasteiger partial charge in [-0.25, -0.2) is 9.36 Å². The Labute approximate surface area is 220 Å². The molecule has 1 aromatic carbocycles. The Balaban J connectivity index is 1.77. The predicted molar refractivity (Wildman–Crippen MR) is 147 cm³/mol. The second-order valence-electron chi connectivity index (χ2n) is 13.4. The van der Waals surface area contributed by atoms with Crippen molar-refractivity contribution in [3.63, 3.8) is 0 Å². The molecule has 0 radical (unpaired) electrons. The Hall–Kier alpha value is -3.15. The summed E-state index contributed by atoms with van der Waals surface area (Å²) in [5.41, 5.74) is 2.64. The van der Waals surface area contributed by atoms with Crippen molar-refractivity contribution in [1.82, 2.24) is 9.55 Å². The average Bonchev–Trinajstić information content (AvgIpc) is 3.42. The molecule has 2 heterocycles. The molecule has 0 saturated heterocycles. The van der Waals surface area contributed by atoms with Crippen molar-refractivity contribution in [3.8, 4) is 11.4 Å². The predicted octanol–water partition coefficient (Wildman–Crippen LogP) is 7.45. The maximum atomic E-state index is 13.4. The zero-order chi connectivity index (χ0) is 27.4. The number of nitrogens with zero attached hydrogens (tertiary/aromatic N) is 2. The van der Waals surface area contributed by atoms with E-state index in [0.717, 1.165) is 34.9 Å². The van der Waals surface area contributed by atoms with Crippen molar-refractivity contribution in [1.29, 1.82) is 0 Å². The summed E-state index contributed by atoms with van der Waals surface area (Å²) in [4.78, 5) is 30.9. The van der Waals surface area contributed by atoms with Gasteiger partial charge in [-0.2, -0.15) is 0 Å². The number of hydrogen-bond donors (Lipinski definition) is 0. The van der Waals surface area contributed by atoms with Crippen LogP contribution in [0.1, 0.15) is 86.3 Å². The molecule has 0 bridgehead atoms. The van der Waals surface area contributed by atoms with Crippen LogP contribution in [0.25, 0.3) is 22.3 Å². The lowest BCUT2D eigenvalue weighted by atomic mass is 9.87.